The SMILES string of the molecule is COc1cc(OC)c(OC)cc1/C=N/NC(=O)c1sc(N)nc1C. The standard InChI is InChI=1S/C15H18N4O4S/c1-8-13(24-15(16)18-8)14(20)19-17-7-9-5-11(22-3)12(23-4)6-10(9)21-2/h5-7H,1-4H3,(H2,16,18)(H,19,20)/b17-7+. The van der Waals surface area contributed by atoms with Gasteiger partial charge in [-0.05, 0) is 13.0 Å². The normalized spacial score (nSPS) is 10.7. The quantitative estimate of drug-likeness (QED) is 0.608. The van der Waals surface area contributed by atoms with Gasteiger partial charge in [0, 0.05) is 11.6 Å². The second-order valence-corrected chi connectivity index (χ2v) is 5.65. The zero-order chi connectivity index (χ0) is 17.7. The van der Waals surface area contributed by atoms with Gasteiger partial charge in [0.2, 0.25) is 0 Å². The van der Waals surface area contributed by atoms with E-state index in [0.717, 1.165) is 11.3 Å². The number of aryl methyl sites for hydroxylation is 1. The minimum atomic E-state index is -0.377. The minimum Gasteiger partial charge on any atom is -0.496 e. The van der Waals surface area contributed by atoms with Crippen molar-refractivity contribution in [3.8, 4) is 17.2 Å². The van der Waals surface area contributed by atoms with Gasteiger partial charge < -0.3 is 19.9 Å². The molecule has 0 saturated carbocycles. The van der Waals surface area contributed by atoms with Gasteiger partial charge in [-0.3, -0.25) is 4.79 Å². The Bertz CT molecular complexity index is 773. The van der Waals surface area contributed by atoms with Crippen LogP contribution in [0.25, 0.3) is 0 Å². The van der Waals surface area contributed by atoms with Gasteiger partial charge in [0.1, 0.15) is 10.6 Å². The molecule has 0 fully saturated rings. The van der Waals surface area contributed by atoms with Crippen molar-refractivity contribution in [3.05, 3.63) is 28.3 Å². The van der Waals surface area contributed by atoms with E-state index in [2.05, 4.69) is 15.5 Å². The molecule has 0 saturated heterocycles. The predicted octanol–water partition coefficient (Wildman–Crippen LogP) is 1.82. The van der Waals surface area contributed by atoms with Crippen molar-refractivity contribution in [2.75, 3.05) is 27.1 Å². The first-order valence-electron chi connectivity index (χ1n) is 6.86. The lowest BCUT2D eigenvalue weighted by atomic mass is 10.2. The van der Waals surface area contributed by atoms with Crippen molar-refractivity contribution in [3.63, 3.8) is 0 Å². The molecule has 0 aliphatic carbocycles. The molecule has 1 heterocycles. The van der Waals surface area contributed by atoms with Gasteiger partial charge in [-0.25, -0.2) is 10.4 Å². The molecule has 1 amide bonds. The Hall–Kier alpha value is -2.81. The number of rotatable bonds is 6. The van der Waals surface area contributed by atoms with E-state index < -0.39 is 0 Å². The lowest BCUT2D eigenvalue weighted by Crippen LogP contribution is -2.17. The van der Waals surface area contributed by atoms with Gasteiger partial charge in [0.05, 0.1) is 33.2 Å². The summed E-state index contributed by atoms with van der Waals surface area (Å²) >= 11 is 1.11. The number of benzene rings is 1. The van der Waals surface area contributed by atoms with Gasteiger partial charge in [0.15, 0.2) is 16.6 Å². The number of nitrogens with two attached hydrogens (primary N) is 1. The van der Waals surface area contributed by atoms with E-state index in [1.165, 1.54) is 27.5 Å². The fourth-order valence-electron chi connectivity index (χ4n) is 1.99. The first-order chi connectivity index (χ1) is 11.5. The highest BCUT2D eigenvalue weighted by molar-refractivity contribution is 7.17. The van der Waals surface area contributed by atoms with Crippen molar-refractivity contribution in [1.82, 2.24) is 10.4 Å². The number of carbonyl (C=O) groups is 1. The summed E-state index contributed by atoms with van der Waals surface area (Å²) in [4.78, 5) is 16.5. The van der Waals surface area contributed by atoms with E-state index in [4.69, 9.17) is 19.9 Å². The number of ether oxygens (including phenoxy) is 3. The van der Waals surface area contributed by atoms with Crippen LogP contribution < -0.4 is 25.4 Å². The van der Waals surface area contributed by atoms with Gasteiger partial charge in [-0.2, -0.15) is 5.10 Å². The zero-order valence-corrected chi connectivity index (χ0v) is 14.6. The van der Waals surface area contributed by atoms with E-state index in [1.54, 1.807) is 19.1 Å². The van der Waals surface area contributed by atoms with Crippen LogP contribution in [0.3, 0.4) is 0 Å². The number of hydrazone groups is 1. The van der Waals surface area contributed by atoms with Crippen LogP contribution in [0.2, 0.25) is 0 Å². The molecule has 8 nitrogen and oxygen atoms in total. The van der Waals surface area contributed by atoms with Gasteiger partial charge in [0.25, 0.3) is 5.91 Å². The topological polar surface area (TPSA) is 108 Å². The molecule has 0 spiro atoms. The summed E-state index contributed by atoms with van der Waals surface area (Å²) in [7, 11) is 4.60. The molecule has 1 aromatic heterocycles. The number of amides is 1. The maximum absolute atomic E-state index is 12.1. The molecule has 0 aliphatic heterocycles. The number of methoxy groups -OCH3 is 3. The van der Waals surface area contributed by atoms with E-state index >= 15 is 0 Å². The molecule has 0 radical (unpaired) electrons. The number of hydrogen-bond donors (Lipinski definition) is 2. The van der Waals surface area contributed by atoms with Gasteiger partial charge >= 0.3 is 0 Å². The highest BCUT2D eigenvalue weighted by atomic mass is 32.1. The summed E-state index contributed by atoms with van der Waals surface area (Å²) in [5, 5.41) is 4.28. The van der Waals surface area contributed by atoms with Crippen LogP contribution in [-0.2, 0) is 0 Å². The summed E-state index contributed by atoms with van der Waals surface area (Å²) in [5.41, 5.74) is 9.20. The van der Waals surface area contributed by atoms with Crippen LogP contribution in [-0.4, -0.2) is 38.4 Å². The Morgan fingerprint density at radius 3 is 2.38 bits per heavy atom. The van der Waals surface area contributed by atoms with Crippen LogP contribution in [0.15, 0.2) is 17.2 Å². The molecule has 9 heteroatoms. The van der Waals surface area contributed by atoms with E-state index in [9.17, 15) is 4.79 Å². The number of hydrogen-bond acceptors (Lipinski definition) is 8. The zero-order valence-electron chi connectivity index (χ0n) is 13.7. The van der Waals surface area contributed by atoms with Gasteiger partial charge in [-0.1, -0.05) is 11.3 Å². The number of anilines is 1. The fraction of sp³-hybridized carbons (Fsp3) is 0.267. The summed E-state index contributed by atoms with van der Waals surface area (Å²) < 4.78 is 15.7. The van der Waals surface area contributed by atoms with Crippen LogP contribution in [0, 0.1) is 6.92 Å². The van der Waals surface area contributed by atoms with Crippen molar-refractivity contribution >= 4 is 28.6 Å². The lowest BCUT2D eigenvalue weighted by molar-refractivity contribution is 0.0958. The number of nitrogen functional groups attached to an aromatic ring is 1. The van der Waals surface area contributed by atoms with Crippen LogP contribution >= 0.6 is 11.3 Å². The molecular weight excluding hydrogens is 332 g/mol. The van der Waals surface area contributed by atoms with E-state index in [0.29, 0.717) is 38.5 Å². The number of aromatic nitrogens is 1. The smallest absolute Gasteiger partial charge is 0.283 e. The molecular formula is C15H18N4O4S. The fourth-order valence-corrected chi connectivity index (χ4v) is 2.72. The largest absolute Gasteiger partial charge is 0.496 e. The summed E-state index contributed by atoms with van der Waals surface area (Å²) in [6, 6.07) is 3.37. The molecule has 2 rings (SSSR count). The third kappa shape index (κ3) is 3.74. The Labute approximate surface area is 143 Å². The van der Waals surface area contributed by atoms with Crippen LogP contribution in [0.4, 0.5) is 5.13 Å². The summed E-state index contributed by atoms with van der Waals surface area (Å²) in [5.74, 6) is 1.21. The average molecular weight is 350 g/mol. The van der Waals surface area contributed by atoms with E-state index in [-0.39, 0.29) is 5.91 Å². The number of nitrogens with one attached hydrogen (secondary N) is 1. The Balaban J connectivity index is 2.19. The average Bonchev–Trinajstić information content (AvgIpc) is 2.92. The second-order valence-electron chi connectivity index (χ2n) is 4.61. The van der Waals surface area contributed by atoms with E-state index in [1.807, 2.05) is 0 Å². The van der Waals surface area contributed by atoms with Crippen LogP contribution in [0.5, 0.6) is 17.2 Å². The maximum Gasteiger partial charge on any atom is 0.283 e. The predicted molar refractivity (Wildman–Crippen MR) is 92.4 cm³/mol. The molecule has 1 aromatic carbocycles. The number of carbonyl (C=O) groups excluding carboxylic acids is 1. The molecule has 0 bridgehead atoms. The summed E-state index contributed by atoms with van der Waals surface area (Å²) in [6.07, 6.45) is 1.46. The molecule has 2 aromatic rings. The molecule has 24 heavy (non-hydrogen) atoms. The third-order valence-corrected chi connectivity index (χ3v) is 4.11. The first-order valence-corrected chi connectivity index (χ1v) is 7.68. The first kappa shape index (κ1) is 17.5. The Morgan fingerprint density at radius 2 is 1.83 bits per heavy atom. The highest BCUT2D eigenvalue weighted by Gasteiger charge is 2.14. The van der Waals surface area contributed by atoms with Crippen molar-refractivity contribution in [2.45, 2.75) is 6.92 Å². The van der Waals surface area contributed by atoms with Crippen molar-refractivity contribution < 1.29 is 19.0 Å². The molecule has 0 unspecified atom stereocenters. The van der Waals surface area contributed by atoms with Gasteiger partial charge in [-0.15, -0.1) is 0 Å². The Morgan fingerprint density at radius 1 is 1.21 bits per heavy atom. The lowest BCUT2D eigenvalue weighted by Gasteiger charge is -2.11. The monoisotopic (exact) mass is 350 g/mol. The minimum absolute atomic E-state index is 0.336. The highest BCUT2D eigenvalue weighted by Crippen LogP contribution is 2.33. The molecule has 128 valence electrons. The molecule has 0 aliphatic rings. The molecule has 3 N–H and O–H groups in total. The van der Waals surface area contributed by atoms with Crippen molar-refractivity contribution in [2.24, 2.45) is 5.10 Å². The third-order valence-electron chi connectivity index (χ3n) is 3.12. The van der Waals surface area contributed by atoms with Crippen LogP contribution in [0.1, 0.15) is 20.9 Å². The number of nitrogens with zero attached hydrogens (tertiary/aromatic N) is 2. The van der Waals surface area contributed by atoms with Crippen molar-refractivity contribution in [1.29, 1.82) is 0 Å². The Kier molecular flexibility index (Phi) is 5.59. The number of thiazole rings is 1. The molecule has 0 atom stereocenters. The maximum atomic E-state index is 12.1. The second kappa shape index (κ2) is 7.64. The summed E-state index contributed by atoms with van der Waals surface area (Å²) in [6.45, 7) is 1.71.